The van der Waals surface area contributed by atoms with E-state index in [1.54, 1.807) is 6.08 Å². The molecule has 0 atom stereocenters. The number of Topliss-reactive ketones (excluding diaryl/α,β-unsaturated/α-hetero) is 1. The van der Waals surface area contributed by atoms with Gasteiger partial charge in [0.05, 0.1) is 7.11 Å². The van der Waals surface area contributed by atoms with E-state index in [4.69, 9.17) is 0 Å². The molecule has 0 saturated carbocycles. The van der Waals surface area contributed by atoms with Gasteiger partial charge in [0.2, 0.25) is 0 Å². The molecule has 0 heterocycles. The topological polar surface area (TPSA) is 43.4 Å². The first-order chi connectivity index (χ1) is 7.56. The van der Waals surface area contributed by atoms with Crippen LogP contribution < -0.4 is 0 Å². The van der Waals surface area contributed by atoms with Gasteiger partial charge in [0.25, 0.3) is 0 Å². The molecule has 0 radical (unpaired) electrons. The Morgan fingerprint density at radius 1 is 1.25 bits per heavy atom. The second-order valence-corrected chi connectivity index (χ2v) is 3.46. The zero-order valence-corrected chi connectivity index (χ0v) is 9.61. The third kappa shape index (κ3) is 2.79. The molecule has 0 aromatic heterocycles. The maximum absolute atomic E-state index is 11.4. The molecular weight excluding hydrogens is 204 g/mol. The summed E-state index contributed by atoms with van der Waals surface area (Å²) in [5, 5.41) is 0. The number of hydrogen-bond donors (Lipinski definition) is 0. The monoisotopic (exact) mass is 218 g/mol. The van der Waals surface area contributed by atoms with Crippen LogP contribution in [-0.2, 0) is 14.3 Å². The minimum atomic E-state index is -0.601. The van der Waals surface area contributed by atoms with E-state index in [0.717, 1.165) is 11.1 Å². The average molecular weight is 218 g/mol. The van der Waals surface area contributed by atoms with E-state index in [9.17, 15) is 9.59 Å². The predicted octanol–water partition coefficient (Wildman–Crippen LogP) is 2.14. The Morgan fingerprint density at radius 2 is 1.88 bits per heavy atom. The lowest BCUT2D eigenvalue weighted by molar-refractivity contribution is -0.137. The highest BCUT2D eigenvalue weighted by atomic mass is 16.5. The summed E-state index contributed by atoms with van der Waals surface area (Å²) in [6.45, 7) is 3.27. The van der Waals surface area contributed by atoms with Crippen LogP contribution in [0.25, 0.3) is 6.08 Å². The lowest BCUT2D eigenvalue weighted by atomic mass is 10.0. The van der Waals surface area contributed by atoms with E-state index in [1.165, 1.54) is 14.0 Å². The molecule has 1 aromatic rings. The van der Waals surface area contributed by atoms with Crippen LogP contribution in [0.4, 0.5) is 0 Å². The average Bonchev–Trinajstić information content (AvgIpc) is 2.26. The molecule has 0 fully saturated rings. The fraction of sp³-hybridized carbons (Fsp3) is 0.231. The number of benzene rings is 1. The number of ketones is 1. The molecule has 1 aromatic carbocycles. The summed E-state index contributed by atoms with van der Waals surface area (Å²) in [6, 6.07) is 7.52. The smallest absolute Gasteiger partial charge is 0.341 e. The van der Waals surface area contributed by atoms with Crippen LogP contribution in [0.2, 0.25) is 0 Å². The van der Waals surface area contributed by atoms with E-state index in [-0.39, 0.29) is 11.4 Å². The maximum Gasteiger partial charge on any atom is 0.341 e. The minimum Gasteiger partial charge on any atom is -0.465 e. The lowest BCUT2D eigenvalue weighted by Gasteiger charge is -2.03. The first-order valence-corrected chi connectivity index (χ1v) is 4.93. The van der Waals surface area contributed by atoms with Crippen molar-refractivity contribution >= 4 is 17.8 Å². The van der Waals surface area contributed by atoms with Gasteiger partial charge in [-0.2, -0.15) is 0 Å². The van der Waals surface area contributed by atoms with Crippen LogP contribution in [0.1, 0.15) is 18.1 Å². The van der Waals surface area contributed by atoms with Crippen LogP contribution in [-0.4, -0.2) is 18.9 Å². The summed E-state index contributed by atoms with van der Waals surface area (Å²) in [4.78, 5) is 22.6. The SMILES string of the molecule is COC(=O)/C(=C\c1ccccc1C)C(C)=O. The number of hydrogen-bond acceptors (Lipinski definition) is 3. The maximum atomic E-state index is 11.4. The molecule has 0 N–H and O–H groups in total. The Labute approximate surface area is 94.7 Å². The number of methoxy groups -OCH3 is 1. The van der Waals surface area contributed by atoms with E-state index in [2.05, 4.69) is 4.74 Å². The van der Waals surface area contributed by atoms with Crippen LogP contribution in [0.5, 0.6) is 0 Å². The second-order valence-electron chi connectivity index (χ2n) is 3.46. The fourth-order valence-electron chi connectivity index (χ4n) is 1.32. The van der Waals surface area contributed by atoms with Crippen LogP contribution in [0, 0.1) is 6.92 Å². The third-order valence-corrected chi connectivity index (χ3v) is 2.27. The molecule has 0 aliphatic rings. The van der Waals surface area contributed by atoms with Crippen LogP contribution in [0.15, 0.2) is 29.8 Å². The number of esters is 1. The molecule has 3 heteroatoms. The summed E-state index contributed by atoms with van der Waals surface area (Å²) in [5.74, 6) is -0.897. The normalized spacial score (nSPS) is 11.1. The van der Waals surface area contributed by atoms with Crippen molar-refractivity contribution in [3.8, 4) is 0 Å². The molecule has 1 rings (SSSR count). The van der Waals surface area contributed by atoms with Crippen molar-refractivity contribution in [1.82, 2.24) is 0 Å². The molecule has 0 spiro atoms. The highest BCUT2D eigenvalue weighted by Crippen LogP contribution is 2.13. The van der Waals surface area contributed by atoms with Gasteiger partial charge < -0.3 is 4.74 Å². The Kier molecular flexibility index (Phi) is 4.00. The van der Waals surface area contributed by atoms with Gasteiger partial charge in [0, 0.05) is 0 Å². The predicted molar refractivity (Wildman–Crippen MR) is 61.9 cm³/mol. The fourth-order valence-corrected chi connectivity index (χ4v) is 1.32. The van der Waals surface area contributed by atoms with E-state index in [1.807, 2.05) is 31.2 Å². The number of carbonyl (C=O) groups is 2. The molecule has 3 nitrogen and oxygen atoms in total. The number of ether oxygens (including phenoxy) is 1. The van der Waals surface area contributed by atoms with Crippen molar-refractivity contribution in [3.05, 3.63) is 41.0 Å². The minimum absolute atomic E-state index is 0.0665. The van der Waals surface area contributed by atoms with Gasteiger partial charge in [0.1, 0.15) is 5.57 Å². The van der Waals surface area contributed by atoms with Crippen LogP contribution in [0.3, 0.4) is 0 Å². The largest absolute Gasteiger partial charge is 0.465 e. The van der Waals surface area contributed by atoms with Crippen molar-refractivity contribution in [2.75, 3.05) is 7.11 Å². The standard InChI is InChI=1S/C13H14O3/c1-9-6-4-5-7-11(9)8-12(10(2)14)13(15)16-3/h4-8H,1-3H3/b12-8-. The van der Waals surface area contributed by atoms with Crippen LogP contribution >= 0.6 is 0 Å². The molecule has 84 valence electrons. The number of rotatable bonds is 3. The molecule has 0 aliphatic carbocycles. The quantitative estimate of drug-likeness (QED) is 0.338. The Hall–Kier alpha value is -1.90. The number of carbonyl (C=O) groups excluding carboxylic acids is 2. The van der Waals surface area contributed by atoms with E-state index in [0.29, 0.717) is 0 Å². The molecular formula is C13H14O3. The van der Waals surface area contributed by atoms with Crippen molar-refractivity contribution in [2.24, 2.45) is 0 Å². The molecule has 0 bridgehead atoms. The first-order valence-electron chi connectivity index (χ1n) is 4.93. The Morgan fingerprint density at radius 3 is 2.38 bits per heavy atom. The Balaban J connectivity index is 3.18. The summed E-state index contributed by atoms with van der Waals surface area (Å²) in [6.07, 6.45) is 1.56. The summed E-state index contributed by atoms with van der Waals surface area (Å²) in [5.41, 5.74) is 1.92. The highest BCUT2D eigenvalue weighted by molar-refractivity contribution is 6.19. The highest BCUT2D eigenvalue weighted by Gasteiger charge is 2.14. The molecule has 0 amide bonds. The number of aryl methyl sites for hydroxylation is 1. The second kappa shape index (κ2) is 5.26. The van der Waals surface area contributed by atoms with Gasteiger partial charge in [0.15, 0.2) is 5.78 Å². The van der Waals surface area contributed by atoms with E-state index >= 15 is 0 Å². The van der Waals surface area contributed by atoms with Gasteiger partial charge in [-0.15, -0.1) is 0 Å². The summed E-state index contributed by atoms with van der Waals surface area (Å²) < 4.78 is 4.56. The third-order valence-electron chi connectivity index (χ3n) is 2.27. The molecule has 0 saturated heterocycles. The van der Waals surface area contributed by atoms with Gasteiger partial charge in [-0.25, -0.2) is 4.79 Å². The zero-order valence-electron chi connectivity index (χ0n) is 9.61. The summed E-state index contributed by atoms with van der Waals surface area (Å²) in [7, 11) is 1.26. The van der Waals surface area contributed by atoms with Gasteiger partial charge in [-0.3, -0.25) is 4.79 Å². The molecule has 0 aliphatic heterocycles. The van der Waals surface area contributed by atoms with Gasteiger partial charge in [-0.05, 0) is 31.1 Å². The first kappa shape index (κ1) is 12.2. The van der Waals surface area contributed by atoms with E-state index < -0.39 is 5.97 Å². The van der Waals surface area contributed by atoms with Crippen molar-refractivity contribution < 1.29 is 14.3 Å². The van der Waals surface area contributed by atoms with Crippen molar-refractivity contribution in [1.29, 1.82) is 0 Å². The molecule has 16 heavy (non-hydrogen) atoms. The van der Waals surface area contributed by atoms with Gasteiger partial charge >= 0.3 is 5.97 Å². The van der Waals surface area contributed by atoms with Crippen molar-refractivity contribution in [2.45, 2.75) is 13.8 Å². The summed E-state index contributed by atoms with van der Waals surface area (Å²) >= 11 is 0. The van der Waals surface area contributed by atoms with Gasteiger partial charge in [-0.1, -0.05) is 24.3 Å². The van der Waals surface area contributed by atoms with Crippen molar-refractivity contribution in [3.63, 3.8) is 0 Å². The Bertz CT molecular complexity index is 444. The zero-order chi connectivity index (χ0) is 12.1. The molecule has 0 unspecified atom stereocenters. The lowest BCUT2D eigenvalue weighted by Crippen LogP contribution is -2.11.